The first-order chi connectivity index (χ1) is 12.7. The van der Waals surface area contributed by atoms with Crippen LogP contribution in [0.1, 0.15) is 60.1 Å². The van der Waals surface area contributed by atoms with Crippen molar-refractivity contribution in [2.45, 2.75) is 45.1 Å². The molecule has 1 amide bonds. The maximum Gasteiger partial charge on any atom is 0.220 e. The number of Topliss-reactive ketones (excluding diaryl/α,β-unsaturated/α-hetero) is 1. The van der Waals surface area contributed by atoms with Gasteiger partial charge in [0, 0.05) is 18.4 Å². The van der Waals surface area contributed by atoms with Crippen molar-refractivity contribution in [1.82, 2.24) is 5.32 Å². The van der Waals surface area contributed by atoms with Crippen molar-refractivity contribution in [1.29, 1.82) is 0 Å². The highest BCUT2D eigenvalue weighted by Crippen LogP contribution is 2.29. The van der Waals surface area contributed by atoms with Gasteiger partial charge >= 0.3 is 0 Å². The van der Waals surface area contributed by atoms with Gasteiger partial charge < -0.3 is 10.1 Å². The molecule has 0 radical (unpaired) electrons. The van der Waals surface area contributed by atoms with Gasteiger partial charge in [-0.3, -0.25) is 9.59 Å². The van der Waals surface area contributed by atoms with E-state index in [1.807, 2.05) is 19.1 Å². The second kappa shape index (κ2) is 8.65. The second-order valence-electron chi connectivity index (χ2n) is 6.59. The Hall–Kier alpha value is -2.62. The molecule has 0 spiro atoms. The van der Waals surface area contributed by atoms with E-state index < -0.39 is 0 Å². The Labute approximate surface area is 154 Å². The molecule has 0 aliphatic heterocycles. The third-order valence-corrected chi connectivity index (χ3v) is 4.77. The highest BCUT2D eigenvalue weighted by molar-refractivity contribution is 5.98. The number of aryl methyl sites for hydroxylation is 1. The van der Waals surface area contributed by atoms with Crippen LogP contribution in [0.5, 0.6) is 5.75 Å². The summed E-state index contributed by atoms with van der Waals surface area (Å²) in [5, 5.41) is 3.10. The predicted octanol–water partition coefficient (Wildman–Crippen LogP) is 4.24. The van der Waals surface area contributed by atoms with Crippen molar-refractivity contribution < 1.29 is 14.3 Å². The summed E-state index contributed by atoms with van der Waals surface area (Å²) in [4.78, 5) is 24.6. The number of ketones is 1. The zero-order valence-electron chi connectivity index (χ0n) is 15.2. The van der Waals surface area contributed by atoms with Crippen LogP contribution in [0.15, 0.2) is 48.5 Å². The second-order valence-corrected chi connectivity index (χ2v) is 6.59. The third-order valence-electron chi connectivity index (χ3n) is 4.77. The van der Waals surface area contributed by atoms with Gasteiger partial charge in [-0.1, -0.05) is 24.3 Å². The highest BCUT2D eigenvalue weighted by atomic mass is 16.5. The van der Waals surface area contributed by atoms with Crippen LogP contribution in [-0.2, 0) is 11.2 Å². The van der Waals surface area contributed by atoms with E-state index in [4.69, 9.17) is 4.74 Å². The van der Waals surface area contributed by atoms with Crippen LogP contribution in [0, 0.1) is 0 Å². The number of hydrogen-bond acceptors (Lipinski definition) is 3. The zero-order valence-corrected chi connectivity index (χ0v) is 15.2. The van der Waals surface area contributed by atoms with Gasteiger partial charge in [-0.15, -0.1) is 0 Å². The largest absolute Gasteiger partial charge is 0.494 e. The number of ether oxygens (including phenoxy) is 1. The molecule has 0 fully saturated rings. The summed E-state index contributed by atoms with van der Waals surface area (Å²) in [5.74, 6) is 0.663. The van der Waals surface area contributed by atoms with Gasteiger partial charge in [0.25, 0.3) is 0 Å². The first kappa shape index (κ1) is 18.2. The van der Waals surface area contributed by atoms with Gasteiger partial charge in [0.1, 0.15) is 5.75 Å². The van der Waals surface area contributed by atoms with Crippen LogP contribution in [0.2, 0.25) is 0 Å². The van der Waals surface area contributed by atoms with Crippen molar-refractivity contribution in [3.63, 3.8) is 0 Å². The number of carbonyl (C=O) groups excluding carboxylic acids is 2. The minimum absolute atomic E-state index is 0.0211. The van der Waals surface area contributed by atoms with Crippen LogP contribution >= 0.6 is 0 Å². The Morgan fingerprint density at radius 1 is 1.08 bits per heavy atom. The quantitative estimate of drug-likeness (QED) is 0.759. The first-order valence-electron chi connectivity index (χ1n) is 9.30. The molecule has 0 saturated carbocycles. The van der Waals surface area contributed by atoms with E-state index in [2.05, 4.69) is 17.4 Å². The summed E-state index contributed by atoms with van der Waals surface area (Å²) in [5.41, 5.74) is 3.14. The van der Waals surface area contributed by atoms with Crippen molar-refractivity contribution in [3.05, 3.63) is 65.2 Å². The summed E-state index contributed by atoms with van der Waals surface area (Å²) in [6.07, 6.45) is 3.53. The monoisotopic (exact) mass is 351 g/mol. The molecule has 0 bridgehead atoms. The number of nitrogens with one attached hydrogen (secondary N) is 1. The molecule has 1 atom stereocenters. The van der Waals surface area contributed by atoms with E-state index in [0.29, 0.717) is 12.2 Å². The van der Waals surface area contributed by atoms with Crippen LogP contribution in [0.4, 0.5) is 0 Å². The van der Waals surface area contributed by atoms with E-state index in [9.17, 15) is 9.59 Å². The fraction of sp³-hybridized carbons (Fsp3) is 0.364. The molecule has 1 N–H and O–H groups in total. The van der Waals surface area contributed by atoms with Gasteiger partial charge in [-0.2, -0.15) is 0 Å². The zero-order chi connectivity index (χ0) is 18.4. The van der Waals surface area contributed by atoms with Gasteiger partial charge in [0.15, 0.2) is 5.78 Å². The third kappa shape index (κ3) is 4.51. The summed E-state index contributed by atoms with van der Waals surface area (Å²) in [6, 6.07) is 15.4. The molecule has 0 unspecified atom stereocenters. The first-order valence-corrected chi connectivity index (χ1v) is 9.30. The number of benzene rings is 2. The standard InChI is InChI=1S/C22H25NO3/c1-2-26-18-12-10-17(11-13-18)21(24)14-15-22(25)23-20-9-5-7-16-6-3-4-8-19(16)20/h3-4,6,8,10-13,20H,2,5,7,9,14-15H2,1H3,(H,23,25)/t20-/m1/s1. The van der Waals surface area contributed by atoms with E-state index in [-0.39, 0.29) is 30.6 Å². The van der Waals surface area contributed by atoms with E-state index in [0.717, 1.165) is 25.0 Å². The summed E-state index contributed by atoms with van der Waals surface area (Å²) < 4.78 is 5.38. The number of carbonyl (C=O) groups is 2. The van der Waals surface area contributed by atoms with Gasteiger partial charge in [-0.25, -0.2) is 0 Å². The van der Waals surface area contributed by atoms with Crippen LogP contribution in [-0.4, -0.2) is 18.3 Å². The van der Waals surface area contributed by atoms with E-state index >= 15 is 0 Å². The predicted molar refractivity (Wildman–Crippen MR) is 101 cm³/mol. The molecule has 0 heterocycles. The smallest absolute Gasteiger partial charge is 0.220 e. The average Bonchev–Trinajstić information content (AvgIpc) is 2.67. The fourth-order valence-corrected chi connectivity index (χ4v) is 3.45. The minimum Gasteiger partial charge on any atom is -0.494 e. The molecule has 136 valence electrons. The molecule has 0 aromatic heterocycles. The lowest BCUT2D eigenvalue weighted by Crippen LogP contribution is -2.31. The van der Waals surface area contributed by atoms with Gasteiger partial charge in [0.05, 0.1) is 12.6 Å². The lowest BCUT2D eigenvalue weighted by Gasteiger charge is -2.26. The maximum absolute atomic E-state index is 12.3. The van der Waals surface area contributed by atoms with E-state index in [1.165, 1.54) is 11.1 Å². The van der Waals surface area contributed by atoms with Crippen LogP contribution in [0.25, 0.3) is 0 Å². The molecule has 4 heteroatoms. The molecule has 4 nitrogen and oxygen atoms in total. The normalized spacial score (nSPS) is 15.8. The van der Waals surface area contributed by atoms with Crippen molar-refractivity contribution in [2.24, 2.45) is 0 Å². The number of fused-ring (bicyclic) bond motifs is 1. The average molecular weight is 351 g/mol. The summed E-state index contributed by atoms with van der Waals surface area (Å²) in [6.45, 7) is 2.51. The van der Waals surface area contributed by atoms with Crippen LogP contribution < -0.4 is 10.1 Å². The Morgan fingerprint density at radius 2 is 1.85 bits per heavy atom. The van der Waals surface area contributed by atoms with Crippen LogP contribution in [0.3, 0.4) is 0 Å². The van der Waals surface area contributed by atoms with Crippen molar-refractivity contribution >= 4 is 11.7 Å². The number of amides is 1. The Bertz CT molecular complexity index is 767. The molecule has 2 aromatic rings. The highest BCUT2D eigenvalue weighted by Gasteiger charge is 2.21. The molecule has 3 rings (SSSR count). The van der Waals surface area contributed by atoms with Crippen molar-refractivity contribution in [3.8, 4) is 5.75 Å². The minimum atomic E-state index is -0.0639. The Balaban J connectivity index is 1.52. The molecule has 1 aliphatic carbocycles. The number of rotatable bonds is 7. The maximum atomic E-state index is 12.3. The lowest BCUT2D eigenvalue weighted by atomic mass is 9.87. The van der Waals surface area contributed by atoms with Gasteiger partial charge in [0.2, 0.25) is 5.91 Å². The molecular formula is C22H25NO3. The summed E-state index contributed by atoms with van der Waals surface area (Å²) >= 11 is 0. The van der Waals surface area contributed by atoms with Gasteiger partial charge in [-0.05, 0) is 61.6 Å². The molecule has 2 aromatic carbocycles. The fourth-order valence-electron chi connectivity index (χ4n) is 3.45. The summed E-state index contributed by atoms with van der Waals surface area (Å²) in [7, 11) is 0. The van der Waals surface area contributed by atoms with E-state index in [1.54, 1.807) is 24.3 Å². The molecule has 0 saturated heterocycles. The number of hydrogen-bond donors (Lipinski definition) is 1. The topological polar surface area (TPSA) is 55.4 Å². The molecule has 1 aliphatic rings. The lowest BCUT2D eigenvalue weighted by molar-refractivity contribution is -0.121. The Morgan fingerprint density at radius 3 is 2.62 bits per heavy atom. The molecular weight excluding hydrogens is 326 g/mol. The molecule has 26 heavy (non-hydrogen) atoms. The SMILES string of the molecule is CCOc1ccc(C(=O)CCC(=O)N[C@@H]2CCCc3ccccc32)cc1. The Kier molecular flexibility index (Phi) is 6.05. The van der Waals surface area contributed by atoms with Crippen molar-refractivity contribution in [2.75, 3.05) is 6.61 Å².